The van der Waals surface area contributed by atoms with Crippen LogP contribution >= 0.6 is 11.8 Å². The lowest BCUT2D eigenvalue weighted by Crippen LogP contribution is -2.31. The molecule has 6 rings (SSSR count). The molecule has 1 aliphatic rings. The van der Waals surface area contributed by atoms with Gasteiger partial charge in [0, 0.05) is 54.2 Å². The molecule has 2 amide bonds. The zero-order chi connectivity index (χ0) is 33.3. The zero-order valence-electron chi connectivity index (χ0n) is 26.5. The van der Waals surface area contributed by atoms with Crippen molar-refractivity contribution < 1.29 is 24.2 Å². The molecule has 5 aromatic rings. The van der Waals surface area contributed by atoms with E-state index in [1.165, 1.54) is 6.92 Å². The number of ether oxygens (including phenoxy) is 2. The number of aliphatic hydroxyl groups excluding tert-OH is 1. The predicted octanol–water partition coefficient (Wildman–Crippen LogP) is 7.47. The predicted molar refractivity (Wildman–Crippen MR) is 187 cm³/mol. The SMILES string of the molecule is CC(=O)Nc1ccc(SC[C@@H]2C[C@H](c3ccc(CO)cc3)O[C@H](c3ccc(-c4ccccc4CNC(=O)c4cccnc4)cc3)O2)cc1. The van der Waals surface area contributed by atoms with E-state index in [1.54, 1.807) is 36.3 Å². The topological polar surface area (TPSA) is 110 Å². The highest BCUT2D eigenvalue weighted by Crippen LogP contribution is 2.40. The number of pyridine rings is 1. The van der Waals surface area contributed by atoms with Gasteiger partial charge in [0.15, 0.2) is 6.29 Å². The van der Waals surface area contributed by atoms with Crippen molar-refractivity contribution in [3.05, 3.63) is 149 Å². The van der Waals surface area contributed by atoms with Crippen LogP contribution in [0.1, 0.15) is 58.4 Å². The fraction of sp³-hybridized carbons (Fsp3) is 0.205. The van der Waals surface area contributed by atoms with E-state index in [9.17, 15) is 14.7 Å². The number of benzene rings is 4. The second-order valence-electron chi connectivity index (χ2n) is 11.6. The van der Waals surface area contributed by atoms with Gasteiger partial charge < -0.3 is 25.2 Å². The van der Waals surface area contributed by atoms with Gasteiger partial charge in [0.25, 0.3) is 5.91 Å². The van der Waals surface area contributed by atoms with Gasteiger partial charge in [-0.25, -0.2) is 0 Å². The van der Waals surface area contributed by atoms with Crippen molar-refractivity contribution in [1.29, 1.82) is 0 Å². The number of aliphatic hydroxyl groups is 1. The number of aromatic nitrogens is 1. The summed E-state index contributed by atoms with van der Waals surface area (Å²) < 4.78 is 13.1. The van der Waals surface area contributed by atoms with Gasteiger partial charge >= 0.3 is 0 Å². The van der Waals surface area contributed by atoms with Gasteiger partial charge in [-0.3, -0.25) is 14.6 Å². The summed E-state index contributed by atoms with van der Waals surface area (Å²) in [6, 6.07) is 35.4. The van der Waals surface area contributed by atoms with Crippen LogP contribution in [-0.4, -0.2) is 33.8 Å². The Kier molecular flexibility index (Phi) is 10.9. The quantitative estimate of drug-likeness (QED) is 0.126. The normalized spacial score (nSPS) is 17.4. The molecule has 3 atom stereocenters. The maximum atomic E-state index is 12.6. The molecule has 0 radical (unpaired) electrons. The zero-order valence-corrected chi connectivity index (χ0v) is 27.4. The monoisotopic (exact) mass is 659 g/mol. The van der Waals surface area contributed by atoms with E-state index in [-0.39, 0.29) is 30.6 Å². The summed E-state index contributed by atoms with van der Waals surface area (Å²) in [7, 11) is 0. The number of anilines is 1. The Bertz CT molecular complexity index is 1820. The molecule has 2 heterocycles. The van der Waals surface area contributed by atoms with Gasteiger partial charge in [0.1, 0.15) is 0 Å². The minimum absolute atomic E-state index is 0.0100. The highest BCUT2D eigenvalue weighted by molar-refractivity contribution is 7.99. The first kappa shape index (κ1) is 33.1. The lowest BCUT2D eigenvalue weighted by atomic mass is 9.97. The van der Waals surface area contributed by atoms with Gasteiger partial charge in [-0.2, -0.15) is 0 Å². The van der Waals surface area contributed by atoms with Gasteiger partial charge in [-0.05, 0) is 64.2 Å². The van der Waals surface area contributed by atoms with Crippen molar-refractivity contribution in [2.45, 2.75) is 49.9 Å². The molecule has 244 valence electrons. The molecular weight excluding hydrogens is 623 g/mol. The van der Waals surface area contributed by atoms with E-state index >= 15 is 0 Å². The molecule has 8 nitrogen and oxygen atoms in total. The fourth-order valence-electron chi connectivity index (χ4n) is 5.60. The molecule has 48 heavy (non-hydrogen) atoms. The minimum Gasteiger partial charge on any atom is -0.392 e. The maximum absolute atomic E-state index is 12.6. The van der Waals surface area contributed by atoms with Crippen molar-refractivity contribution in [3.63, 3.8) is 0 Å². The number of thioether (sulfide) groups is 1. The Morgan fingerprint density at radius 1 is 0.875 bits per heavy atom. The van der Waals surface area contributed by atoms with Crippen LogP contribution in [0.15, 0.2) is 126 Å². The molecule has 1 fully saturated rings. The van der Waals surface area contributed by atoms with E-state index < -0.39 is 6.29 Å². The van der Waals surface area contributed by atoms with Crippen LogP contribution in [0.25, 0.3) is 11.1 Å². The van der Waals surface area contributed by atoms with Crippen LogP contribution in [0.3, 0.4) is 0 Å². The summed E-state index contributed by atoms with van der Waals surface area (Å²) in [6.07, 6.45) is 3.03. The smallest absolute Gasteiger partial charge is 0.253 e. The number of nitrogens with zero attached hydrogens (tertiary/aromatic N) is 1. The van der Waals surface area contributed by atoms with E-state index in [0.29, 0.717) is 18.5 Å². The summed E-state index contributed by atoms with van der Waals surface area (Å²) in [6.45, 7) is 1.87. The number of amides is 2. The van der Waals surface area contributed by atoms with Crippen LogP contribution in [-0.2, 0) is 27.4 Å². The Morgan fingerprint density at radius 2 is 1.62 bits per heavy atom. The highest BCUT2D eigenvalue weighted by atomic mass is 32.2. The first-order valence-corrected chi connectivity index (χ1v) is 16.8. The second-order valence-corrected chi connectivity index (χ2v) is 12.7. The van der Waals surface area contributed by atoms with Crippen LogP contribution in [0.5, 0.6) is 0 Å². The molecule has 0 aliphatic carbocycles. The molecule has 3 N–H and O–H groups in total. The maximum Gasteiger partial charge on any atom is 0.253 e. The Morgan fingerprint density at radius 3 is 2.33 bits per heavy atom. The number of hydrogen-bond acceptors (Lipinski definition) is 7. The Hall–Kier alpha value is -4.80. The van der Waals surface area contributed by atoms with Crippen LogP contribution < -0.4 is 10.6 Å². The first-order chi connectivity index (χ1) is 23.4. The van der Waals surface area contributed by atoms with Crippen molar-refractivity contribution >= 4 is 29.3 Å². The number of carbonyl (C=O) groups is 2. The van der Waals surface area contributed by atoms with E-state index in [4.69, 9.17) is 9.47 Å². The standard InChI is InChI=1S/C39H37N3O5S/c1-26(44)42-33-16-18-35(19-17-33)48-25-34-21-37(29-10-8-27(24-43)9-11-29)47-39(46-34)30-14-12-28(13-15-30)36-7-3-2-5-31(36)23-41-38(45)32-6-4-20-40-22-32/h2-20,22,34,37,39,43H,21,23-25H2,1H3,(H,41,45)(H,42,44)/t34-,37+,39+/m0/s1. The minimum atomic E-state index is -0.572. The van der Waals surface area contributed by atoms with Gasteiger partial charge in [0.2, 0.25) is 5.91 Å². The lowest BCUT2D eigenvalue weighted by Gasteiger charge is -2.36. The van der Waals surface area contributed by atoms with Crippen molar-refractivity contribution in [3.8, 4) is 11.1 Å². The summed E-state index contributed by atoms with van der Waals surface area (Å²) >= 11 is 1.70. The molecule has 0 bridgehead atoms. The first-order valence-electron chi connectivity index (χ1n) is 15.8. The number of carbonyl (C=O) groups excluding carboxylic acids is 2. The van der Waals surface area contributed by atoms with Crippen molar-refractivity contribution in [2.24, 2.45) is 0 Å². The molecule has 0 saturated carbocycles. The second kappa shape index (κ2) is 15.9. The van der Waals surface area contributed by atoms with Gasteiger partial charge in [0.05, 0.1) is 24.4 Å². The largest absolute Gasteiger partial charge is 0.392 e. The molecule has 1 aliphatic heterocycles. The lowest BCUT2D eigenvalue weighted by molar-refractivity contribution is -0.245. The average molecular weight is 660 g/mol. The van der Waals surface area contributed by atoms with E-state index in [1.807, 2.05) is 78.9 Å². The molecule has 0 unspecified atom stereocenters. The van der Waals surface area contributed by atoms with Crippen molar-refractivity contribution in [1.82, 2.24) is 10.3 Å². The Labute approximate surface area is 284 Å². The van der Waals surface area contributed by atoms with Crippen LogP contribution in [0.2, 0.25) is 0 Å². The van der Waals surface area contributed by atoms with Crippen LogP contribution in [0.4, 0.5) is 5.69 Å². The van der Waals surface area contributed by atoms with Gasteiger partial charge in [-0.15, -0.1) is 11.8 Å². The van der Waals surface area contributed by atoms with Crippen molar-refractivity contribution in [2.75, 3.05) is 11.1 Å². The van der Waals surface area contributed by atoms with E-state index in [0.717, 1.165) is 49.7 Å². The molecule has 4 aromatic carbocycles. The third-order valence-corrected chi connectivity index (χ3v) is 9.24. The number of hydrogen-bond donors (Lipinski definition) is 3. The molecule has 1 aromatic heterocycles. The molecular formula is C39H37N3O5S. The third kappa shape index (κ3) is 8.56. The summed E-state index contributed by atoms with van der Waals surface area (Å²) in [5.41, 5.74) is 7.13. The van der Waals surface area contributed by atoms with Crippen LogP contribution in [0, 0.1) is 0 Å². The van der Waals surface area contributed by atoms with E-state index in [2.05, 4.69) is 33.8 Å². The molecule has 9 heteroatoms. The summed E-state index contributed by atoms with van der Waals surface area (Å²) in [5, 5.41) is 15.3. The molecule has 1 saturated heterocycles. The fourth-order valence-corrected chi connectivity index (χ4v) is 6.52. The Balaban J connectivity index is 1.17. The average Bonchev–Trinajstić information content (AvgIpc) is 3.14. The molecule has 0 spiro atoms. The summed E-state index contributed by atoms with van der Waals surface area (Å²) in [4.78, 5) is 29.2. The number of nitrogens with one attached hydrogen (secondary N) is 2. The summed E-state index contributed by atoms with van der Waals surface area (Å²) in [5.74, 6) is 0.452. The third-order valence-electron chi connectivity index (χ3n) is 8.10. The van der Waals surface area contributed by atoms with Gasteiger partial charge in [-0.1, -0.05) is 72.8 Å². The highest BCUT2D eigenvalue weighted by Gasteiger charge is 2.32. The number of rotatable bonds is 11.